The van der Waals surface area contributed by atoms with E-state index in [0.29, 0.717) is 6.04 Å². The Morgan fingerprint density at radius 3 is 2.48 bits per heavy atom. The molecule has 0 spiro atoms. The highest BCUT2D eigenvalue weighted by molar-refractivity contribution is 5.69. The van der Waals surface area contributed by atoms with Crippen molar-refractivity contribution in [3.8, 4) is 0 Å². The van der Waals surface area contributed by atoms with Crippen LogP contribution in [0.15, 0.2) is 30.7 Å². The molecule has 0 atom stereocenters. The standard InChI is InChI=1S/C24H34N8O/c1-24(2,3)20-17-19-22(25-9-12-32(19)28-20)30-10-6-18(7-11-30)29(4)21-5-8-26-23(27-21)31-13-15-33-16-14-31/h5,8-9,12,17-18H,6-7,10-11,13-16H2,1-4H3. The van der Waals surface area contributed by atoms with Gasteiger partial charge in [0.2, 0.25) is 5.95 Å². The molecular formula is C24H34N8O. The van der Waals surface area contributed by atoms with Gasteiger partial charge >= 0.3 is 0 Å². The molecular weight excluding hydrogens is 416 g/mol. The van der Waals surface area contributed by atoms with E-state index in [4.69, 9.17) is 19.8 Å². The van der Waals surface area contributed by atoms with Crippen molar-refractivity contribution in [2.75, 3.05) is 61.1 Å². The summed E-state index contributed by atoms with van der Waals surface area (Å²) in [6.07, 6.45) is 7.77. The molecule has 2 saturated heterocycles. The van der Waals surface area contributed by atoms with Gasteiger partial charge in [0, 0.05) is 63.3 Å². The molecule has 9 heteroatoms. The number of rotatable bonds is 4. The number of morpholine rings is 1. The van der Waals surface area contributed by atoms with Gasteiger partial charge in [0.25, 0.3) is 0 Å². The van der Waals surface area contributed by atoms with E-state index in [1.54, 1.807) is 0 Å². The molecule has 2 aliphatic rings. The number of anilines is 3. The molecule has 9 nitrogen and oxygen atoms in total. The van der Waals surface area contributed by atoms with E-state index in [9.17, 15) is 0 Å². The first-order valence-electron chi connectivity index (χ1n) is 11.9. The van der Waals surface area contributed by atoms with Crippen LogP contribution in [0.3, 0.4) is 0 Å². The first-order chi connectivity index (χ1) is 15.9. The Balaban J connectivity index is 1.28. The predicted octanol–water partition coefficient (Wildman–Crippen LogP) is 2.76. The van der Waals surface area contributed by atoms with Crippen LogP contribution in [0.25, 0.3) is 5.52 Å². The predicted molar refractivity (Wildman–Crippen MR) is 130 cm³/mol. The van der Waals surface area contributed by atoms with Crippen LogP contribution in [0, 0.1) is 0 Å². The zero-order chi connectivity index (χ0) is 23.0. The summed E-state index contributed by atoms with van der Waals surface area (Å²) in [6.45, 7) is 11.7. The average molecular weight is 451 g/mol. The first kappa shape index (κ1) is 21.9. The molecule has 33 heavy (non-hydrogen) atoms. The molecule has 0 aromatic carbocycles. The normalized spacial score (nSPS) is 18.2. The van der Waals surface area contributed by atoms with E-state index in [1.807, 2.05) is 29.2 Å². The van der Waals surface area contributed by atoms with Crippen molar-refractivity contribution in [1.82, 2.24) is 24.6 Å². The van der Waals surface area contributed by atoms with Crippen molar-refractivity contribution in [3.05, 3.63) is 36.4 Å². The Bertz CT molecular complexity index is 1090. The number of fused-ring (bicyclic) bond motifs is 1. The van der Waals surface area contributed by atoms with Crippen LogP contribution in [0.4, 0.5) is 17.6 Å². The zero-order valence-electron chi connectivity index (χ0n) is 20.1. The van der Waals surface area contributed by atoms with Crippen molar-refractivity contribution in [1.29, 1.82) is 0 Å². The topological polar surface area (TPSA) is 74.9 Å². The number of aromatic nitrogens is 5. The maximum atomic E-state index is 5.46. The van der Waals surface area contributed by atoms with Crippen molar-refractivity contribution < 1.29 is 4.74 Å². The van der Waals surface area contributed by atoms with Crippen LogP contribution >= 0.6 is 0 Å². The van der Waals surface area contributed by atoms with E-state index < -0.39 is 0 Å². The van der Waals surface area contributed by atoms with Crippen LogP contribution in [0.2, 0.25) is 0 Å². The highest BCUT2D eigenvalue weighted by atomic mass is 16.5. The van der Waals surface area contributed by atoms with Gasteiger partial charge in [-0.3, -0.25) is 0 Å². The maximum absolute atomic E-state index is 5.46. The number of piperidine rings is 1. The number of nitrogens with zero attached hydrogens (tertiary/aromatic N) is 8. The molecule has 0 radical (unpaired) electrons. The highest BCUT2D eigenvalue weighted by Gasteiger charge is 2.27. The average Bonchev–Trinajstić information content (AvgIpc) is 3.30. The minimum absolute atomic E-state index is 0.0105. The molecule has 176 valence electrons. The molecule has 5 heterocycles. The molecule has 0 N–H and O–H groups in total. The Hall–Kier alpha value is -2.94. The van der Waals surface area contributed by atoms with Crippen LogP contribution in [0.5, 0.6) is 0 Å². The zero-order valence-corrected chi connectivity index (χ0v) is 20.1. The van der Waals surface area contributed by atoms with Crippen LogP contribution in [-0.4, -0.2) is 77.0 Å². The summed E-state index contributed by atoms with van der Waals surface area (Å²) in [5.74, 6) is 2.81. The summed E-state index contributed by atoms with van der Waals surface area (Å²) in [5, 5.41) is 4.78. The lowest BCUT2D eigenvalue weighted by Gasteiger charge is -2.38. The van der Waals surface area contributed by atoms with Crippen molar-refractivity contribution in [2.24, 2.45) is 0 Å². The Kier molecular flexibility index (Phi) is 5.82. The van der Waals surface area contributed by atoms with Gasteiger partial charge < -0.3 is 19.4 Å². The number of hydrogen-bond donors (Lipinski definition) is 0. The molecule has 2 aliphatic heterocycles. The fourth-order valence-corrected chi connectivity index (χ4v) is 4.62. The smallest absolute Gasteiger partial charge is 0.227 e. The van der Waals surface area contributed by atoms with Crippen LogP contribution in [0.1, 0.15) is 39.3 Å². The summed E-state index contributed by atoms with van der Waals surface area (Å²) < 4.78 is 7.43. The third kappa shape index (κ3) is 4.46. The fourth-order valence-electron chi connectivity index (χ4n) is 4.62. The van der Waals surface area contributed by atoms with Gasteiger partial charge in [0.1, 0.15) is 11.3 Å². The molecule has 5 rings (SSSR count). The van der Waals surface area contributed by atoms with E-state index in [-0.39, 0.29) is 5.41 Å². The van der Waals surface area contributed by atoms with E-state index in [1.165, 1.54) is 0 Å². The Morgan fingerprint density at radius 1 is 1.00 bits per heavy atom. The minimum atomic E-state index is 0.0105. The molecule has 2 fully saturated rings. The third-order valence-corrected chi connectivity index (χ3v) is 6.73. The van der Waals surface area contributed by atoms with Crippen LogP contribution in [-0.2, 0) is 10.2 Å². The molecule has 0 unspecified atom stereocenters. The van der Waals surface area contributed by atoms with E-state index >= 15 is 0 Å². The molecule has 0 aliphatic carbocycles. The summed E-state index contributed by atoms with van der Waals surface area (Å²) >= 11 is 0. The lowest BCUT2D eigenvalue weighted by atomic mass is 9.92. The van der Waals surface area contributed by atoms with Gasteiger partial charge in [-0.15, -0.1) is 0 Å². The number of ether oxygens (including phenoxy) is 1. The fraction of sp³-hybridized carbons (Fsp3) is 0.583. The van der Waals surface area contributed by atoms with Gasteiger partial charge in [-0.25, -0.2) is 14.5 Å². The third-order valence-electron chi connectivity index (χ3n) is 6.73. The Morgan fingerprint density at radius 2 is 1.76 bits per heavy atom. The Labute approximate surface area is 195 Å². The van der Waals surface area contributed by atoms with Gasteiger partial charge in [-0.05, 0) is 25.0 Å². The summed E-state index contributed by atoms with van der Waals surface area (Å²) in [4.78, 5) is 21.0. The summed E-state index contributed by atoms with van der Waals surface area (Å²) in [5.41, 5.74) is 2.18. The summed E-state index contributed by atoms with van der Waals surface area (Å²) in [7, 11) is 2.15. The van der Waals surface area contributed by atoms with Crippen molar-refractivity contribution >= 4 is 23.1 Å². The first-order valence-corrected chi connectivity index (χ1v) is 11.9. The largest absolute Gasteiger partial charge is 0.378 e. The highest BCUT2D eigenvalue weighted by Crippen LogP contribution is 2.29. The molecule has 0 amide bonds. The maximum Gasteiger partial charge on any atom is 0.227 e. The molecule has 0 bridgehead atoms. The van der Waals surface area contributed by atoms with E-state index in [2.05, 4.69) is 53.6 Å². The van der Waals surface area contributed by atoms with Gasteiger partial charge in [0.15, 0.2) is 5.82 Å². The SMILES string of the molecule is CN(c1ccnc(N2CCOCC2)n1)C1CCN(c2nccn3nc(C(C)(C)C)cc23)CC1. The van der Waals surface area contributed by atoms with Gasteiger partial charge in [-0.1, -0.05) is 20.8 Å². The quantitative estimate of drug-likeness (QED) is 0.601. The van der Waals surface area contributed by atoms with Gasteiger partial charge in [-0.2, -0.15) is 10.1 Å². The summed E-state index contributed by atoms with van der Waals surface area (Å²) in [6, 6.07) is 4.64. The van der Waals surface area contributed by atoms with Crippen molar-refractivity contribution in [3.63, 3.8) is 0 Å². The monoisotopic (exact) mass is 450 g/mol. The van der Waals surface area contributed by atoms with Crippen LogP contribution < -0.4 is 14.7 Å². The lowest BCUT2D eigenvalue weighted by Crippen LogP contribution is -2.44. The molecule has 3 aromatic heterocycles. The number of hydrogen-bond acceptors (Lipinski definition) is 8. The van der Waals surface area contributed by atoms with Crippen molar-refractivity contribution in [2.45, 2.75) is 45.1 Å². The molecule has 3 aromatic rings. The minimum Gasteiger partial charge on any atom is -0.378 e. The molecule has 0 saturated carbocycles. The van der Waals surface area contributed by atoms with E-state index in [0.717, 1.165) is 81.0 Å². The second-order valence-corrected chi connectivity index (χ2v) is 10.0. The second-order valence-electron chi connectivity index (χ2n) is 10.0. The lowest BCUT2D eigenvalue weighted by molar-refractivity contribution is 0.122. The van der Waals surface area contributed by atoms with Gasteiger partial charge in [0.05, 0.1) is 18.9 Å². The second kappa shape index (κ2) is 8.78.